The Balaban J connectivity index is 1.85. The van der Waals surface area contributed by atoms with E-state index in [-0.39, 0.29) is 0 Å². The van der Waals surface area contributed by atoms with Crippen LogP contribution in [0.4, 0.5) is 0 Å². The van der Waals surface area contributed by atoms with Gasteiger partial charge in [0, 0.05) is 24.2 Å². The van der Waals surface area contributed by atoms with Gasteiger partial charge in [-0.2, -0.15) is 0 Å². The van der Waals surface area contributed by atoms with Crippen LogP contribution in [0.2, 0.25) is 0 Å². The Labute approximate surface area is 129 Å². The fraction of sp³-hybridized carbons (Fsp3) is 0.667. The van der Waals surface area contributed by atoms with Crippen LogP contribution in [0.5, 0.6) is 5.75 Å². The smallest absolute Gasteiger partial charge is 0.123 e. The Morgan fingerprint density at radius 2 is 1.86 bits per heavy atom. The number of para-hydroxylation sites is 1. The van der Waals surface area contributed by atoms with Crippen molar-refractivity contribution in [2.24, 2.45) is 5.92 Å². The van der Waals surface area contributed by atoms with Crippen molar-refractivity contribution in [2.45, 2.75) is 45.7 Å². The summed E-state index contributed by atoms with van der Waals surface area (Å²) in [6.07, 6.45) is 2.48. The summed E-state index contributed by atoms with van der Waals surface area (Å²) in [5, 5.41) is 3.78. The predicted octanol–water partition coefficient (Wildman–Crippen LogP) is 3.47. The molecule has 1 fully saturated rings. The quantitative estimate of drug-likeness (QED) is 0.868. The minimum Gasteiger partial charge on any atom is -0.496 e. The summed E-state index contributed by atoms with van der Waals surface area (Å²) in [7, 11) is 1.75. The maximum absolute atomic E-state index is 5.47. The summed E-state index contributed by atoms with van der Waals surface area (Å²) >= 11 is 0. The topological polar surface area (TPSA) is 24.5 Å². The van der Waals surface area contributed by atoms with Crippen molar-refractivity contribution in [3.05, 3.63) is 29.8 Å². The molecule has 1 atom stereocenters. The van der Waals surface area contributed by atoms with Crippen molar-refractivity contribution in [1.29, 1.82) is 0 Å². The van der Waals surface area contributed by atoms with E-state index in [1.807, 2.05) is 12.1 Å². The van der Waals surface area contributed by atoms with Crippen LogP contribution < -0.4 is 10.1 Å². The van der Waals surface area contributed by atoms with E-state index < -0.39 is 0 Å². The third kappa shape index (κ3) is 4.72. The van der Waals surface area contributed by atoms with Gasteiger partial charge in [-0.3, -0.25) is 0 Å². The summed E-state index contributed by atoms with van der Waals surface area (Å²) in [6, 6.07) is 9.26. The Morgan fingerprint density at radius 1 is 1.19 bits per heavy atom. The SMILES string of the molecule is COc1ccccc1[C@@H](C)NC1CCN(CC(C)C)CC1. The molecule has 3 heteroatoms. The van der Waals surface area contributed by atoms with Gasteiger partial charge in [0.05, 0.1) is 7.11 Å². The second-order valence-electron chi connectivity index (χ2n) is 6.60. The number of piperidine rings is 1. The number of ether oxygens (including phenoxy) is 1. The number of hydrogen-bond acceptors (Lipinski definition) is 3. The molecule has 1 aliphatic rings. The highest BCUT2D eigenvalue weighted by Crippen LogP contribution is 2.25. The van der Waals surface area contributed by atoms with Gasteiger partial charge in [0.1, 0.15) is 5.75 Å². The summed E-state index contributed by atoms with van der Waals surface area (Å²) in [5.41, 5.74) is 1.25. The zero-order valence-corrected chi connectivity index (χ0v) is 13.9. The van der Waals surface area contributed by atoms with E-state index >= 15 is 0 Å². The summed E-state index contributed by atoms with van der Waals surface area (Å²) in [4.78, 5) is 2.59. The maximum atomic E-state index is 5.47. The third-order valence-electron chi connectivity index (χ3n) is 4.30. The second kappa shape index (κ2) is 7.81. The van der Waals surface area contributed by atoms with Gasteiger partial charge in [-0.15, -0.1) is 0 Å². The average Bonchev–Trinajstić information content (AvgIpc) is 2.48. The molecule has 118 valence electrons. The lowest BCUT2D eigenvalue weighted by molar-refractivity contribution is 0.175. The number of methoxy groups -OCH3 is 1. The van der Waals surface area contributed by atoms with Gasteiger partial charge in [-0.05, 0) is 44.8 Å². The molecule has 1 N–H and O–H groups in total. The number of hydrogen-bond donors (Lipinski definition) is 1. The molecule has 0 unspecified atom stereocenters. The maximum Gasteiger partial charge on any atom is 0.123 e. The Hall–Kier alpha value is -1.06. The van der Waals surface area contributed by atoms with E-state index in [9.17, 15) is 0 Å². The van der Waals surface area contributed by atoms with E-state index in [1.165, 1.54) is 38.0 Å². The van der Waals surface area contributed by atoms with Crippen molar-refractivity contribution in [3.63, 3.8) is 0 Å². The lowest BCUT2D eigenvalue weighted by atomic mass is 10.0. The molecule has 1 heterocycles. The average molecular weight is 290 g/mol. The monoisotopic (exact) mass is 290 g/mol. The molecule has 21 heavy (non-hydrogen) atoms. The van der Waals surface area contributed by atoms with Gasteiger partial charge in [0.2, 0.25) is 0 Å². The van der Waals surface area contributed by atoms with Crippen LogP contribution in [0.25, 0.3) is 0 Å². The molecule has 0 aliphatic carbocycles. The lowest BCUT2D eigenvalue weighted by Crippen LogP contribution is -2.44. The summed E-state index contributed by atoms with van der Waals surface area (Å²) in [6.45, 7) is 10.5. The molecule has 0 saturated carbocycles. The number of rotatable bonds is 6. The minimum absolute atomic E-state index is 0.336. The molecular formula is C18H30N2O. The molecule has 0 spiro atoms. The first-order valence-electron chi connectivity index (χ1n) is 8.21. The number of benzene rings is 1. The van der Waals surface area contributed by atoms with E-state index in [4.69, 9.17) is 4.74 Å². The van der Waals surface area contributed by atoms with Crippen LogP contribution in [0.1, 0.15) is 45.2 Å². The van der Waals surface area contributed by atoms with E-state index in [0.717, 1.165) is 11.7 Å². The molecule has 0 radical (unpaired) electrons. The molecule has 1 aliphatic heterocycles. The molecule has 1 aromatic rings. The van der Waals surface area contributed by atoms with Gasteiger partial charge >= 0.3 is 0 Å². The van der Waals surface area contributed by atoms with Crippen molar-refractivity contribution in [1.82, 2.24) is 10.2 Å². The van der Waals surface area contributed by atoms with Gasteiger partial charge in [-0.25, -0.2) is 0 Å². The van der Waals surface area contributed by atoms with E-state index in [0.29, 0.717) is 12.1 Å². The first kappa shape index (κ1) is 16.3. The van der Waals surface area contributed by atoms with Crippen molar-refractivity contribution in [2.75, 3.05) is 26.7 Å². The van der Waals surface area contributed by atoms with Crippen molar-refractivity contribution < 1.29 is 4.74 Å². The van der Waals surface area contributed by atoms with Crippen molar-refractivity contribution in [3.8, 4) is 5.75 Å². The zero-order chi connectivity index (χ0) is 15.2. The van der Waals surface area contributed by atoms with Crippen molar-refractivity contribution >= 4 is 0 Å². The Kier molecular flexibility index (Phi) is 6.07. The highest BCUT2D eigenvalue weighted by Gasteiger charge is 2.22. The van der Waals surface area contributed by atoms with Crippen LogP contribution in [0.3, 0.4) is 0 Å². The second-order valence-corrected chi connectivity index (χ2v) is 6.60. The van der Waals surface area contributed by atoms with Crippen LogP contribution in [0, 0.1) is 5.92 Å². The standard InChI is InChI=1S/C18H30N2O/c1-14(2)13-20-11-9-16(10-12-20)19-15(3)17-7-5-6-8-18(17)21-4/h5-8,14-16,19H,9-13H2,1-4H3/t15-/m1/s1. The fourth-order valence-corrected chi connectivity index (χ4v) is 3.27. The number of nitrogens with zero attached hydrogens (tertiary/aromatic N) is 1. The van der Waals surface area contributed by atoms with Gasteiger partial charge < -0.3 is 15.0 Å². The van der Waals surface area contributed by atoms with Crippen LogP contribution in [-0.2, 0) is 0 Å². The van der Waals surface area contributed by atoms with Gasteiger partial charge in [-0.1, -0.05) is 32.0 Å². The summed E-state index contributed by atoms with van der Waals surface area (Å²) in [5.74, 6) is 1.75. The number of likely N-dealkylation sites (tertiary alicyclic amines) is 1. The first-order valence-corrected chi connectivity index (χ1v) is 8.21. The molecular weight excluding hydrogens is 260 g/mol. The molecule has 0 amide bonds. The molecule has 2 rings (SSSR count). The highest BCUT2D eigenvalue weighted by atomic mass is 16.5. The molecule has 3 nitrogen and oxygen atoms in total. The Bertz CT molecular complexity index is 425. The van der Waals surface area contributed by atoms with Crippen LogP contribution >= 0.6 is 0 Å². The van der Waals surface area contributed by atoms with E-state index in [1.54, 1.807) is 7.11 Å². The summed E-state index contributed by atoms with van der Waals surface area (Å²) < 4.78 is 5.47. The normalized spacial score (nSPS) is 18.9. The molecule has 1 saturated heterocycles. The third-order valence-corrected chi connectivity index (χ3v) is 4.30. The fourth-order valence-electron chi connectivity index (χ4n) is 3.27. The van der Waals surface area contributed by atoms with Gasteiger partial charge in [0.15, 0.2) is 0 Å². The predicted molar refractivity (Wildman–Crippen MR) is 88.8 cm³/mol. The zero-order valence-electron chi connectivity index (χ0n) is 13.9. The van der Waals surface area contributed by atoms with E-state index in [2.05, 4.69) is 43.1 Å². The molecule has 0 aromatic heterocycles. The largest absolute Gasteiger partial charge is 0.496 e. The number of nitrogens with one attached hydrogen (secondary N) is 1. The highest BCUT2D eigenvalue weighted by molar-refractivity contribution is 5.35. The van der Waals surface area contributed by atoms with Crippen LogP contribution in [-0.4, -0.2) is 37.7 Å². The minimum atomic E-state index is 0.336. The lowest BCUT2D eigenvalue weighted by Gasteiger charge is -2.35. The molecule has 0 bridgehead atoms. The first-order chi connectivity index (χ1) is 10.1. The van der Waals surface area contributed by atoms with Crippen LogP contribution in [0.15, 0.2) is 24.3 Å². The van der Waals surface area contributed by atoms with Gasteiger partial charge in [0.25, 0.3) is 0 Å². The molecule has 1 aromatic carbocycles. The Morgan fingerprint density at radius 3 is 2.48 bits per heavy atom.